The molecule has 0 aliphatic rings. The number of rotatable bonds is 3. The van der Waals surface area contributed by atoms with E-state index >= 15 is 0 Å². The maximum atomic E-state index is 9.96. The van der Waals surface area contributed by atoms with Crippen LogP contribution in [0.2, 0.25) is 0 Å². The van der Waals surface area contributed by atoms with Crippen LogP contribution >= 0.6 is 0 Å². The molecule has 0 heterocycles. The van der Waals surface area contributed by atoms with E-state index in [2.05, 4.69) is 4.99 Å². The smallest absolute Gasteiger partial charge is 0.235 e. The molecule has 1 aromatic carbocycles. The van der Waals surface area contributed by atoms with Crippen LogP contribution in [0.4, 0.5) is 0 Å². The molecule has 0 aliphatic carbocycles. The fraction of sp³-hybridized carbons (Fsp3) is 0.364. The Balaban J connectivity index is 3.09. The van der Waals surface area contributed by atoms with Crippen LogP contribution in [-0.4, -0.2) is 13.2 Å². The molecule has 0 spiro atoms. The summed E-state index contributed by atoms with van der Waals surface area (Å²) in [5, 5.41) is 0. The molecular weight excluding hydrogens is 178 g/mol. The fourth-order valence-electron chi connectivity index (χ4n) is 1.33. The van der Waals surface area contributed by atoms with Crippen molar-refractivity contribution in [3.8, 4) is 5.75 Å². The summed E-state index contributed by atoms with van der Waals surface area (Å²) in [7, 11) is 1.63. The Bertz CT molecular complexity index is 379. The second-order valence-corrected chi connectivity index (χ2v) is 3.15. The molecule has 0 unspecified atom stereocenters. The molecule has 0 fully saturated rings. The Labute approximate surface area is 83.4 Å². The Hall–Kier alpha value is -1.60. The summed E-state index contributed by atoms with van der Waals surface area (Å²) in [5.41, 5.74) is 3.22. The number of nitrogens with zero attached hydrogens (tertiary/aromatic N) is 1. The van der Waals surface area contributed by atoms with Crippen molar-refractivity contribution in [2.24, 2.45) is 4.99 Å². The van der Waals surface area contributed by atoms with Crippen molar-refractivity contribution in [1.29, 1.82) is 0 Å². The molecular formula is C11H13NO2. The maximum Gasteiger partial charge on any atom is 0.235 e. The van der Waals surface area contributed by atoms with Gasteiger partial charge in [-0.3, -0.25) is 0 Å². The van der Waals surface area contributed by atoms with Crippen molar-refractivity contribution in [1.82, 2.24) is 0 Å². The first-order chi connectivity index (χ1) is 6.69. The van der Waals surface area contributed by atoms with Gasteiger partial charge in [-0.05, 0) is 36.6 Å². The lowest BCUT2D eigenvalue weighted by Gasteiger charge is -2.09. The number of hydrogen-bond donors (Lipinski definition) is 0. The largest absolute Gasteiger partial charge is 0.496 e. The van der Waals surface area contributed by atoms with Crippen molar-refractivity contribution in [2.45, 2.75) is 20.4 Å². The minimum atomic E-state index is 0.362. The normalized spacial score (nSPS) is 9.36. The van der Waals surface area contributed by atoms with Gasteiger partial charge < -0.3 is 4.74 Å². The number of methoxy groups -OCH3 is 1. The second kappa shape index (κ2) is 4.58. The molecule has 3 heteroatoms. The zero-order valence-electron chi connectivity index (χ0n) is 8.63. The Kier molecular flexibility index (Phi) is 3.43. The van der Waals surface area contributed by atoms with Crippen LogP contribution in [0.3, 0.4) is 0 Å². The molecule has 0 amide bonds. The Morgan fingerprint density at radius 1 is 1.43 bits per heavy atom. The minimum absolute atomic E-state index is 0.362. The van der Waals surface area contributed by atoms with Gasteiger partial charge in [-0.1, -0.05) is 6.07 Å². The van der Waals surface area contributed by atoms with E-state index in [1.807, 2.05) is 26.0 Å². The first kappa shape index (κ1) is 10.5. The van der Waals surface area contributed by atoms with Crippen LogP contribution in [-0.2, 0) is 11.3 Å². The maximum absolute atomic E-state index is 9.96. The number of ether oxygens (including phenoxy) is 1. The topological polar surface area (TPSA) is 38.7 Å². The average molecular weight is 191 g/mol. The van der Waals surface area contributed by atoms with Crippen molar-refractivity contribution < 1.29 is 9.53 Å². The summed E-state index contributed by atoms with van der Waals surface area (Å²) in [4.78, 5) is 13.5. The molecule has 0 N–H and O–H groups in total. The van der Waals surface area contributed by atoms with E-state index in [1.54, 1.807) is 7.11 Å². The molecule has 0 aliphatic heterocycles. The second-order valence-electron chi connectivity index (χ2n) is 3.15. The number of aliphatic imine (C=N–C) groups is 1. The first-order valence-corrected chi connectivity index (χ1v) is 4.36. The van der Waals surface area contributed by atoms with Gasteiger partial charge >= 0.3 is 0 Å². The summed E-state index contributed by atoms with van der Waals surface area (Å²) >= 11 is 0. The van der Waals surface area contributed by atoms with Crippen molar-refractivity contribution in [3.05, 3.63) is 28.8 Å². The van der Waals surface area contributed by atoms with Crippen molar-refractivity contribution in [2.75, 3.05) is 7.11 Å². The SMILES string of the molecule is COc1cc(CN=C=O)cc(C)c1C. The molecule has 3 nitrogen and oxygen atoms in total. The van der Waals surface area contributed by atoms with Gasteiger partial charge in [-0.25, -0.2) is 9.79 Å². The third kappa shape index (κ3) is 2.21. The zero-order valence-corrected chi connectivity index (χ0v) is 8.63. The van der Waals surface area contributed by atoms with E-state index in [9.17, 15) is 4.79 Å². The van der Waals surface area contributed by atoms with E-state index in [0.29, 0.717) is 6.54 Å². The predicted octanol–water partition coefficient (Wildman–Crippen LogP) is 2.15. The predicted molar refractivity (Wildman–Crippen MR) is 54.3 cm³/mol. The third-order valence-corrected chi connectivity index (χ3v) is 2.23. The van der Waals surface area contributed by atoms with Crippen LogP contribution in [0.25, 0.3) is 0 Å². The summed E-state index contributed by atoms with van der Waals surface area (Å²) in [6.45, 7) is 4.37. The molecule has 1 aromatic rings. The number of hydrogen-bond acceptors (Lipinski definition) is 3. The van der Waals surface area contributed by atoms with E-state index in [4.69, 9.17) is 4.74 Å². The summed E-state index contributed by atoms with van der Waals surface area (Å²) in [6, 6.07) is 3.89. The lowest BCUT2D eigenvalue weighted by Crippen LogP contribution is -1.93. The van der Waals surface area contributed by atoms with Crippen LogP contribution in [0, 0.1) is 13.8 Å². The van der Waals surface area contributed by atoms with Gasteiger partial charge in [0.1, 0.15) is 5.75 Å². The van der Waals surface area contributed by atoms with Crippen LogP contribution in [0.5, 0.6) is 5.75 Å². The molecule has 0 saturated heterocycles. The van der Waals surface area contributed by atoms with Gasteiger partial charge in [-0.15, -0.1) is 0 Å². The van der Waals surface area contributed by atoms with Crippen LogP contribution < -0.4 is 4.74 Å². The monoisotopic (exact) mass is 191 g/mol. The van der Waals surface area contributed by atoms with E-state index in [0.717, 1.165) is 22.4 Å². The van der Waals surface area contributed by atoms with Crippen molar-refractivity contribution in [3.63, 3.8) is 0 Å². The lowest BCUT2D eigenvalue weighted by molar-refractivity contribution is 0.410. The van der Waals surface area contributed by atoms with Gasteiger partial charge in [0.2, 0.25) is 6.08 Å². The molecule has 0 radical (unpaired) electrons. The number of aryl methyl sites for hydroxylation is 1. The highest BCUT2D eigenvalue weighted by Crippen LogP contribution is 2.23. The highest BCUT2D eigenvalue weighted by Gasteiger charge is 2.03. The molecule has 0 bridgehead atoms. The van der Waals surface area contributed by atoms with Gasteiger partial charge in [0, 0.05) is 0 Å². The number of isocyanates is 1. The number of benzene rings is 1. The van der Waals surface area contributed by atoms with Gasteiger partial charge in [0.15, 0.2) is 0 Å². The standard InChI is InChI=1S/C11H13NO2/c1-8-4-10(6-12-7-13)5-11(14-3)9(8)2/h4-5H,6H2,1-3H3. The summed E-state index contributed by atoms with van der Waals surface area (Å²) in [5.74, 6) is 0.834. The quantitative estimate of drug-likeness (QED) is 0.542. The van der Waals surface area contributed by atoms with Gasteiger partial charge in [0.05, 0.1) is 13.7 Å². The molecule has 0 atom stereocenters. The highest BCUT2D eigenvalue weighted by molar-refractivity contribution is 5.43. The Morgan fingerprint density at radius 2 is 2.14 bits per heavy atom. The molecule has 74 valence electrons. The van der Waals surface area contributed by atoms with Crippen LogP contribution in [0.1, 0.15) is 16.7 Å². The summed E-state index contributed by atoms with van der Waals surface area (Å²) in [6.07, 6.45) is 1.52. The van der Waals surface area contributed by atoms with Gasteiger partial charge in [-0.2, -0.15) is 0 Å². The van der Waals surface area contributed by atoms with E-state index in [-0.39, 0.29) is 0 Å². The van der Waals surface area contributed by atoms with E-state index < -0.39 is 0 Å². The average Bonchev–Trinajstić information content (AvgIpc) is 2.19. The lowest BCUT2D eigenvalue weighted by atomic mass is 10.1. The fourth-order valence-corrected chi connectivity index (χ4v) is 1.33. The van der Waals surface area contributed by atoms with Gasteiger partial charge in [0.25, 0.3) is 0 Å². The molecule has 1 rings (SSSR count). The Morgan fingerprint density at radius 3 is 2.71 bits per heavy atom. The molecule has 14 heavy (non-hydrogen) atoms. The van der Waals surface area contributed by atoms with Crippen LogP contribution in [0.15, 0.2) is 17.1 Å². The third-order valence-electron chi connectivity index (χ3n) is 2.23. The van der Waals surface area contributed by atoms with E-state index in [1.165, 1.54) is 6.08 Å². The highest BCUT2D eigenvalue weighted by atomic mass is 16.5. The number of carbonyl (C=O) groups excluding carboxylic acids is 1. The molecule has 0 saturated carbocycles. The zero-order chi connectivity index (χ0) is 10.6. The molecule has 0 aromatic heterocycles. The first-order valence-electron chi connectivity index (χ1n) is 4.36. The summed E-state index contributed by atoms with van der Waals surface area (Å²) < 4.78 is 5.21. The van der Waals surface area contributed by atoms with Crippen molar-refractivity contribution >= 4 is 6.08 Å². The minimum Gasteiger partial charge on any atom is -0.496 e.